The summed E-state index contributed by atoms with van der Waals surface area (Å²) in [6.45, 7) is 0. The van der Waals surface area contributed by atoms with Crippen molar-refractivity contribution in [1.29, 1.82) is 0 Å². The maximum absolute atomic E-state index is 13.1. The molecule has 0 fully saturated rings. The number of sulfonamides is 2. The van der Waals surface area contributed by atoms with Crippen molar-refractivity contribution >= 4 is 54.6 Å². The largest absolute Gasteiger partial charge is 0.506 e. The summed E-state index contributed by atoms with van der Waals surface area (Å²) >= 11 is 6.17. The number of methoxy groups -OCH3 is 2. The van der Waals surface area contributed by atoms with Crippen LogP contribution < -0.4 is 24.2 Å². The summed E-state index contributed by atoms with van der Waals surface area (Å²) in [6, 6.07) is 19.6. The van der Waals surface area contributed by atoms with Crippen molar-refractivity contribution in [3.63, 3.8) is 0 Å². The number of nitrogens with one attached hydrogen (secondary N) is 3. The van der Waals surface area contributed by atoms with E-state index in [1.54, 1.807) is 36.4 Å². The zero-order chi connectivity index (χ0) is 29.8. The number of ether oxygens (including phenoxy) is 2. The van der Waals surface area contributed by atoms with Gasteiger partial charge in [0.25, 0.3) is 26.0 Å². The van der Waals surface area contributed by atoms with E-state index in [0.29, 0.717) is 0 Å². The Kier molecular flexibility index (Phi) is 8.61. The molecule has 11 nitrogen and oxygen atoms in total. The van der Waals surface area contributed by atoms with Crippen LogP contribution in [0.15, 0.2) is 94.7 Å². The molecule has 4 rings (SSSR count). The van der Waals surface area contributed by atoms with Crippen LogP contribution in [0.3, 0.4) is 0 Å². The number of hydrogen-bond donors (Lipinski definition) is 4. The molecule has 0 radical (unpaired) electrons. The maximum atomic E-state index is 13.1. The van der Waals surface area contributed by atoms with Gasteiger partial charge < -0.3 is 19.9 Å². The molecule has 4 aromatic carbocycles. The second-order valence-electron chi connectivity index (χ2n) is 8.39. The number of carbonyl (C=O) groups is 1. The Bertz CT molecular complexity index is 1830. The number of phenolic OH excluding ortho intramolecular Hbond substituents is 1. The Labute approximate surface area is 241 Å². The minimum atomic E-state index is -4.26. The molecular weight excluding hydrogens is 594 g/mol. The van der Waals surface area contributed by atoms with E-state index >= 15 is 0 Å². The minimum absolute atomic E-state index is 0.130. The lowest BCUT2D eigenvalue weighted by molar-refractivity contribution is 0.102. The minimum Gasteiger partial charge on any atom is -0.506 e. The van der Waals surface area contributed by atoms with Crippen molar-refractivity contribution in [2.45, 2.75) is 9.79 Å². The lowest BCUT2D eigenvalue weighted by Gasteiger charge is -2.14. The summed E-state index contributed by atoms with van der Waals surface area (Å²) in [7, 11) is -5.65. The summed E-state index contributed by atoms with van der Waals surface area (Å²) in [6.07, 6.45) is 0. The van der Waals surface area contributed by atoms with Gasteiger partial charge in [0.2, 0.25) is 0 Å². The third-order valence-electron chi connectivity index (χ3n) is 5.71. The fourth-order valence-electron chi connectivity index (χ4n) is 3.69. The van der Waals surface area contributed by atoms with Crippen molar-refractivity contribution < 1.29 is 36.2 Å². The summed E-state index contributed by atoms with van der Waals surface area (Å²) in [4.78, 5) is 12.4. The standard InChI is InChI=1S/C27H24ClN3O8S2/c1-38-24-9-5-3-7-20(24)30-40(34,35)18-12-14-23(32)22(16-18)29-27(33)17-11-13-19(28)26(15-17)41(36,37)31-21-8-4-6-10-25(21)39-2/h3-16,30-32H,1-2H3,(H,29,33). The van der Waals surface area contributed by atoms with Crippen molar-refractivity contribution in [2.75, 3.05) is 29.0 Å². The van der Waals surface area contributed by atoms with Gasteiger partial charge in [0.05, 0.1) is 41.2 Å². The van der Waals surface area contributed by atoms with Gasteiger partial charge in [0, 0.05) is 5.56 Å². The summed E-state index contributed by atoms with van der Waals surface area (Å²) in [5, 5.41) is 12.6. The van der Waals surface area contributed by atoms with Crippen molar-refractivity contribution in [2.24, 2.45) is 0 Å². The van der Waals surface area contributed by atoms with Crippen LogP contribution in [0.1, 0.15) is 10.4 Å². The third-order valence-corrected chi connectivity index (χ3v) is 8.92. The van der Waals surface area contributed by atoms with E-state index in [0.717, 1.165) is 24.3 Å². The van der Waals surface area contributed by atoms with Crippen LogP contribution in [-0.2, 0) is 20.0 Å². The van der Waals surface area contributed by atoms with Crippen LogP contribution in [0.4, 0.5) is 17.1 Å². The van der Waals surface area contributed by atoms with Crippen LogP contribution >= 0.6 is 11.6 Å². The highest BCUT2D eigenvalue weighted by molar-refractivity contribution is 7.93. The summed E-state index contributed by atoms with van der Waals surface area (Å²) < 4.78 is 67.4. The Morgan fingerprint density at radius 2 is 1.29 bits per heavy atom. The molecule has 1 amide bonds. The number of phenols is 1. The normalized spacial score (nSPS) is 11.4. The third kappa shape index (κ3) is 6.65. The Balaban J connectivity index is 1.60. The highest BCUT2D eigenvalue weighted by atomic mass is 35.5. The highest BCUT2D eigenvalue weighted by Crippen LogP contribution is 2.32. The van der Waals surface area contributed by atoms with Gasteiger partial charge in [-0.25, -0.2) is 16.8 Å². The summed E-state index contributed by atoms with van der Waals surface area (Å²) in [5.41, 5.74) is -0.0186. The first-order chi connectivity index (χ1) is 19.4. The van der Waals surface area contributed by atoms with Gasteiger partial charge in [-0.05, 0) is 60.7 Å². The van der Waals surface area contributed by atoms with Gasteiger partial charge in [-0.2, -0.15) is 0 Å². The van der Waals surface area contributed by atoms with E-state index in [1.165, 1.54) is 38.5 Å². The van der Waals surface area contributed by atoms with Gasteiger partial charge in [0.15, 0.2) is 0 Å². The number of rotatable bonds is 10. The molecule has 0 bridgehead atoms. The molecule has 4 N–H and O–H groups in total. The molecule has 0 aromatic heterocycles. The summed E-state index contributed by atoms with van der Waals surface area (Å²) in [5.74, 6) is -0.698. The molecule has 0 spiro atoms. The molecule has 4 aromatic rings. The first kappa shape index (κ1) is 29.5. The van der Waals surface area contributed by atoms with E-state index in [-0.39, 0.29) is 48.9 Å². The van der Waals surface area contributed by atoms with Crippen molar-refractivity contribution in [3.8, 4) is 17.2 Å². The van der Waals surface area contributed by atoms with E-state index in [9.17, 15) is 26.7 Å². The molecule has 0 unspecified atom stereocenters. The molecule has 0 aliphatic heterocycles. The van der Waals surface area contributed by atoms with E-state index in [4.69, 9.17) is 21.1 Å². The molecule has 0 heterocycles. The van der Waals surface area contributed by atoms with Crippen LogP contribution in [0.5, 0.6) is 17.2 Å². The zero-order valence-electron chi connectivity index (χ0n) is 21.6. The van der Waals surface area contributed by atoms with E-state index in [2.05, 4.69) is 14.8 Å². The molecule has 214 valence electrons. The topological polar surface area (TPSA) is 160 Å². The lowest BCUT2D eigenvalue weighted by atomic mass is 10.2. The van der Waals surface area contributed by atoms with Crippen molar-refractivity contribution in [1.82, 2.24) is 0 Å². The number of para-hydroxylation sites is 4. The molecule has 0 saturated carbocycles. The van der Waals surface area contributed by atoms with Crippen LogP contribution in [-0.4, -0.2) is 42.1 Å². The molecule has 0 atom stereocenters. The first-order valence-corrected chi connectivity index (χ1v) is 15.0. The van der Waals surface area contributed by atoms with Gasteiger partial charge in [-0.15, -0.1) is 0 Å². The smallest absolute Gasteiger partial charge is 0.263 e. The van der Waals surface area contributed by atoms with E-state index < -0.39 is 31.7 Å². The Morgan fingerprint density at radius 1 is 0.732 bits per heavy atom. The molecular formula is C27H24ClN3O8S2. The fourth-order valence-corrected chi connectivity index (χ4v) is 6.38. The van der Waals surface area contributed by atoms with Crippen molar-refractivity contribution in [3.05, 3.63) is 95.5 Å². The number of aromatic hydroxyl groups is 1. The highest BCUT2D eigenvalue weighted by Gasteiger charge is 2.23. The predicted molar refractivity (Wildman–Crippen MR) is 155 cm³/mol. The van der Waals surface area contributed by atoms with E-state index in [1.807, 2.05) is 0 Å². The van der Waals surface area contributed by atoms with Gasteiger partial charge >= 0.3 is 0 Å². The number of amides is 1. The number of hydrogen-bond acceptors (Lipinski definition) is 8. The number of carbonyl (C=O) groups excluding carboxylic acids is 1. The number of halogens is 1. The Hall–Kier alpha value is -4.46. The molecule has 0 aliphatic carbocycles. The number of benzene rings is 4. The fraction of sp³-hybridized carbons (Fsp3) is 0.0741. The maximum Gasteiger partial charge on any atom is 0.263 e. The van der Waals surface area contributed by atoms with Crippen LogP contribution in [0, 0.1) is 0 Å². The monoisotopic (exact) mass is 617 g/mol. The average molecular weight is 618 g/mol. The van der Waals surface area contributed by atoms with Gasteiger partial charge in [-0.3, -0.25) is 14.2 Å². The SMILES string of the molecule is COc1ccccc1NS(=O)(=O)c1ccc(O)c(NC(=O)c2ccc(Cl)c(S(=O)(=O)Nc3ccccc3OC)c2)c1. The molecule has 14 heteroatoms. The Morgan fingerprint density at radius 3 is 1.88 bits per heavy atom. The van der Waals surface area contributed by atoms with Gasteiger partial charge in [0.1, 0.15) is 22.1 Å². The number of anilines is 3. The molecule has 0 saturated heterocycles. The molecule has 0 aliphatic rings. The zero-order valence-corrected chi connectivity index (χ0v) is 24.0. The molecule has 41 heavy (non-hydrogen) atoms. The lowest BCUT2D eigenvalue weighted by Crippen LogP contribution is -2.17. The first-order valence-electron chi connectivity index (χ1n) is 11.7. The predicted octanol–water partition coefficient (Wildman–Crippen LogP) is 4.92. The quantitative estimate of drug-likeness (QED) is 0.182. The average Bonchev–Trinajstić information content (AvgIpc) is 2.94. The van der Waals surface area contributed by atoms with Crippen LogP contribution in [0.25, 0.3) is 0 Å². The van der Waals surface area contributed by atoms with Gasteiger partial charge in [-0.1, -0.05) is 35.9 Å². The second-order valence-corrected chi connectivity index (χ2v) is 12.1. The second kappa shape index (κ2) is 12.0. The van der Waals surface area contributed by atoms with Crippen LogP contribution in [0.2, 0.25) is 5.02 Å².